The highest BCUT2D eigenvalue weighted by atomic mass is 35.5. The van der Waals surface area contributed by atoms with E-state index in [1.165, 1.54) is 0 Å². The van der Waals surface area contributed by atoms with Gasteiger partial charge in [-0.1, -0.05) is 20.3 Å². The molecule has 0 saturated carbocycles. The lowest BCUT2D eigenvalue weighted by molar-refractivity contribution is -0.137. The quantitative estimate of drug-likeness (QED) is 0.676. The van der Waals surface area contributed by atoms with Crippen LogP contribution in [0.4, 0.5) is 0 Å². The number of unbranched alkanes of at least 4 members (excludes halogenated alkanes) is 1. The Hall–Kier alpha value is -0.240. The monoisotopic (exact) mass is 180 g/mol. The predicted molar refractivity (Wildman–Crippen MR) is 48.2 cm³/mol. The minimum absolute atomic E-state index is 0.316. The van der Waals surface area contributed by atoms with E-state index in [1.54, 1.807) is 0 Å². The molecule has 0 rings (SSSR count). The van der Waals surface area contributed by atoms with Crippen LogP contribution in [-0.2, 0) is 4.79 Å². The Kier molecular flexibility index (Phi) is 15.1. The fourth-order valence-corrected chi connectivity index (χ4v) is 0.328. The van der Waals surface area contributed by atoms with E-state index in [0.29, 0.717) is 6.42 Å². The third-order valence-electron chi connectivity index (χ3n) is 0.933. The minimum atomic E-state index is -0.693. The third kappa shape index (κ3) is 25.9. The maximum atomic E-state index is 9.76. The van der Waals surface area contributed by atoms with E-state index in [1.807, 2.05) is 13.8 Å². The Morgan fingerprint density at radius 1 is 1.36 bits per heavy atom. The normalized spacial score (nSPS) is 8.27. The van der Waals surface area contributed by atoms with Crippen molar-refractivity contribution >= 4 is 17.6 Å². The van der Waals surface area contributed by atoms with Gasteiger partial charge >= 0.3 is 5.97 Å². The van der Waals surface area contributed by atoms with Gasteiger partial charge < -0.3 is 5.11 Å². The van der Waals surface area contributed by atoms with Crippen molar-refractivity contribution < 1.29 is 9.90 Å². The SMILES string of the molecule is CCCCC(=O)O.CCCCl. The number of halogens is 1. The fraction of sp³-hybridized carbons (Fsp3) is 0.875. The summed E-state index contributed by atoms with van der Waals surface area (Å²) in [6, 6.07) is 0. The lowest BCUT2D eigenvalue weighted by atomic mass is 10.3. The molecule has 0 aliphatic rings. The number of alkyl halides is 1. The second kappa shape index (κ2) is 12.4. The van der Waals surface area contributed by atoms with E-state index >= 15 is 0 Å². The molecule has 0 aromatic carbocycles. The van der Waals surface area contributed by atoms with Gasteiger partial charge in [0, 0.05) is 12.3 Å². The largest absolute Gasteiger partial charge is 0.481 e. The van der Waals surface area contributed by atoms with Gasteiger partial charge in [-0.3, -0.25) is 4.79 Å². The molecule has 0 radical (unpaired) electrons. The molecule has 0 atom stereocenters. The van der Waals surface area contributed by atoms with Crippen molar-refractivity contribution in [3.05, 3.63) is 0 Å². The van der Waals surface area contributed by atoms with E-state index in [0.717, 1.165) is 25.1 Å². The standard InChI is InChI=1S/C5H10O2.C3H7Cl/c1-2-3-4-5(6)7;1-2-3-4/h2-4H2,1H3,(H,6,7);2-3H2,1H3. The first-order valence-corrected chi connectivity index (χ1v) is 4.50. The average molecular weight is 181 g/mol. The van der Waals surface area contributed by atoms with Crippen LogP contribution in [0, 0.1) is 0 Å². The van der Waals surface area contributed by atoms with Crippen molar-refractivity contribution in [3.63, 3.8) is 0 Å². The third-order valence-corrected chi connectivity index (χ3v) is 1.31. The fourth-order valence-electron chi connectivity index (χ4n) is 0.328. The molecule has 3 heteroatoms. The zero-order valence-electron chi connectivity index (χ0n) is 7.27. The lowest BCUT2D eigenvalue weighted by Gasteiger charge is -1.85. The molecule has 68 valence electrons. The van der Waals surface area contributed by atoms with Crippen LogP contribution >= 0.6 is 11.6 Å². The number of rotatable bonds is 4. The van der Waals surface area contributed by atoms with Crippen LogP contribution in [0.25, 0.3) is 0 Å². The Balaban J connectivity index is 0. The molecule has 1 N–H and O–H groups in total. The van der Waals surface area contributed by atoms with Gasteiger partial charge in [-0.05, 0) is 12.8 Å². The van der Waals surface area contributed by atoms with Crippen molar-refractivity contribution in [3.8, 4) is 0 Å². The van der Waals surface area contributed by atoms with E-state index < -0.39 is 5.97 Å². The smallest absolute Gasteiger partial charge is 0.303 e. The highest BCUT2D eigenvalue weighted by Crippen LogP contribution is 1.91. The molecule has 0 aromatic rings. The van der Waals surface area contributed by atoms with Gasteiger partial charge in [0.2, 0.25) is 0 Å². The van der Waals surface area contributed by atoms with Crippen molar-refractivity contribution in [2.24, 2.45) is 0 Å². The summed E-state index contributed by atoms with van der Waals surface area (Å²) in [5.74, 6) is 0.0989. The summed E-state index contributed by atoms with van der Waals surface area (Å²) in [6.45, 7) is 4.02. The lowest BCUT2D eigenvalue weighted by Crippen LogP contribution is -1.91. The highest BCUT2D eigenvalue weighted by molar-refractivity contribution is 6.17. The van der Waals surface area contributed by atoms with E-state index in [2.05, 4.69) is 0 Å². The molecule has 0 aromatic heterocycles. The van der Waals surface area contributed by atoms with Gasteiger partial charge in [0.25, 0.3) is 0 Å². The Labute approximate surface area is 73.6 Å². The van der Waals surface area contributed by atoms with Gasteiger partial charge in [-0.15, -0.1) is 11.6 Å². The molecular weight excluding hydrogens is 164 g/mol. The van der Waals surface area contributed by atoms with Crippen LogP contribution in [0.3, 0.4) is 0 Å². The van der Waals surface area contributed by atoms with Crippen LogP contribution in [0.5, 0.6) is 0 Å². The van der Waals surface area contributed by atoms with Crippen LogP contribution in [-0.4, -0.2) is 17.0 Å². The Morgan fingerprint density at radius 3 is 1.91 bits per heavy atom. The number of carbonyl (C=O) groups is 1. The number of carboxylic acid groups (broad SMARTS) is 1. The summed E-state index contributed by atoms with van der Waals surface area (Å²) in [7, 11) is 0. The van der Waals surface area contributed by atoms with Crippen molar-refractivity contribution in [1.29, 1.82) is 0 Å². The second-order valence-electron chi connectivity index (χ2n) is 2.19. The van der Waals surface area contributed by atoms with Crippen LogP contribution < -0.4 is 0 Å². The summed E-state index contributed by atoms with van der Waals surface area (Å²) >= 11 is 5.19. The summed E-state index contributed by atoms with van der Waals surface area (Å²) in [4.78, 5) is 9.76. The number of hydrogen-bond donors (Lipinski definition) is 1. The maximum Gasteiger partial charge on any atom is 0.303 e. The van der Waals surface area contributed by atoms with Crippen LogP contribution in [0.2, 0.25) is 0 Å². The van der Waals surface area contributed by atoms with E-state index in [-0.39, 0.29) is 0 Å². The Bertz CT molecular complexity index is 82.2. The van der Waals surface area contributed by atoms with Crippen molar-refractivity contribution in [2.75, 3.05) is 5.88 Å². The van der Waals surface area contributed by atoms with Crippen LogP contribution in [0.1, 0.15) is 39.5 Å². The summed E-state index contributed by atoms with van der Waals surface area (Å²) in [5, 5.41) is 8.04. The molecule has 0 amide bonds. The predicted octanol–water partition coefficient (Wildman–Crippen LogP) is 2.90. The topological polar surface area (TPSA) is 37.3 Å². The number of hydrogen-bond acceptors (Lipinski definition) is 1. The van der Waals surface area contributed by atoms with Crippen molar-refractivity contribution in [2.45, 2.75) is 39.5 Å². The summed E-state index contributed by atoms with van der Waals surface area (Å²) < 4.78 is 0. The van der Waals surface area contributed by atoms with Crippen LogP contribution in [0.15, 0.2) is 0 Å². The first kappa shape index (κ1) is 13.4. The summed E-state index contributed by atoms with van der Waals surface area (Å²) in [6.07, 6.45) is 3.17. The second-order valence-corrected chi connectivity index (χ2v) is 2.56. The zero-order valence-corrected chi connectivity index (χ0v) is 8.02. The Morgan fingerprint density at radius 2 is 1.82 bits per heavy atom. The van der Waals surface area contributed by atoms with Gasteiger partial charge in [0.15, 0.2) is 0 Å². The molecule has 0 bridgehead atoms. The van der Waals surface area contributed by atoms with Gasteiger partial charge in [0.1, 0.15) is 0 Å². The number of carboxylic acids is 1. The zero-order chi connectivity index (χ0) is 9.11. The van der Waals surface area contributed by atoms with Gasteiger partial charge in [0.05, 0.1) is 0 Å². The summed E-state index contributed by atoms with van der Waals surface area (Å²) in [5.41, 5.74) is 0. The highest BCUT2D eigenvalue weighted by Gasteiger charge is 1.90. The van der Waals surface area contributed by atoms with Gasteiger partial charge in [-0.25, -0.2) is 0 Å². The minimum Gasteiger partial charge on any atom is -0.481 e. The maximum absolute atomic E-state index is 9.76. The molecule has 0 unspecified atom stereocenters. The molecule has 0 spiro atoms. The average Bonchev–Trinajstić information content (AvgIpc) is 2.01. The van der Waals surface area contributed by atoms with E-state index in [9.17, 15) is 4.79 Å². The molecular formula is C8H17ClO2. The molecule has 0 aliphatic heterocycles. The molecule has 2 nitrogen and oxygen atoms in total. The number of aliphatic carboxylic acids is 1. The molecule has 0 saturated heterocycles. The van der Waals surface area contributed by atoms with Crippen molar-refractivity contribution in [1.82, 2.24) is 0 Å². The molecule has 0 aliphatic carbocycles. The van der Waals surface area contributed by atoms with E-state index in [4.69, 9.17) is 16.7 Å². The first-order chi connectivity index (χ1) is 5.18. The van der Waals surface area contributed by atoms with Gasteiger partial charge in [-0.2, -0.15) is 0 Å². The molecule has 0 heterocycles. The molecule has 0 fully saturated rings. The first-order valence-electron chi connectivity index (χ1n) is 3.96. The molecule has 11 heavy (non-hydrogen) atoms.